The number of carbonyl (C=O) groups is 1. The summed E-state index contributed by atoms with van der Waals surface area (Å²) in [5, 5.41) is 25.1. The van der Waals surface area contributed by atoms with Crippen LogP contribution in [0.15, 0.2) is 24.4 Å². The number of urea groups is 1. The lowest BCUT2D eigenvalue weighted by atomic mass is 10.0. The predicted molar refractivity (Wildman–Crippen MR) is 119 cm³/mol. The molecule has 4 rings (SSSR count). The molecule has 33 heavy (non-hydrogen) atoms. The molecule has 4 N–H and O–H groups in total. The molecular weight excluding hydrogens is 453 g/mol. The smallest absolute Gasteiger partial charge is 0.318 e. The average molecular weight is 480 g/mol. The van der Waals surface area contributed by atoms with Gasteiger partial charge in [-0.25, -0.2) is 19.2 Å². The zero-order valence-corrected chi connectivity index (χ0v) is 18.8. The number of nitrogens with one attached hydrogen (secondary N) is 2. The quantitative estimate of drug-likeness (QED) is 0.500. The Kier molecular flexibility index (Phi) is 7.59. The fraction of sp³-hybridized carbons (Fsp3) is 0.500. The van der Waals surface area contributed by atoms with Crippen LogP contribution < -0.4 is 10.6 Å². The fourth-order valence-electron chi connectivity index (χ4n) is 4.07. The third-order valence-corrected chi connectivity index (χ3v) is 6.25. The lowest BCUT2D eigenvalue weighted by Crippen LogP contribution is -2.45. The predicted octanol–water partition coefficient (Wildman–Crippen LogP) is 2.02. The summed E-state index contributed by atoms with van der Waals surface area (Å²) >= 11 is 5.84. The average Bonchev–Trinajstić information content (AvgIpc) is 2.83. The molecule has 0 spiro atoms. The van der Waals surface area contributed by atoms with Crippen molar-refractivity contribution in [1.82, 2.24) is 20.2 Å². The first-order valence-electron chi connectivity index (χ1n) is 10.9. The van der Waals surface area contributed by atoms with E-state index in [4.69, 9.17) is 16.3 Å². The number of aliphatic hydroxyl groups excluding tert-OH is 2. The Morgan fingerprint density at radius 3 is 3.00 bits per heavy atom. The largest absolute Gasteiger partial charge is 0.394 e. The lowest BCUT2D eigenvalue weighted by Gasteiger charge is -2.31. The number of aliphatic hydroxyl groups is 2. The molecule has 1 saturated heterocycles. The third-order valence-electron chi connectivity index (χ3n) is 5.96. The van der Waals surface area contributed by atoms with Crippen LogP contribution in [0, 0.1) is 5.82 Å². The van der Waals surface area contributed by atoms with Gasteiger partial charge in [-0.1, -0.05) is 17.7 Å². The summed E-state index contributed by atoms with van der Waals surface area (Å²) in [5.41, 5.74) is 2.25. The number of carbonyl (C=O) groups excluding carboxylic acids is 1. The number of nitrogens with zero attached hydrogens (tertiary/aromatic N) is 3. The molecule has 2 amide bonds. The maximum atomic E-state index is 13.5. The Morgan fingerprint density at radius 1 is 1.39 bits per heavy atom. The van der Waals surface area contributed by atoms with E-state index in [1.54, 1.807) is 11.1 Å². The van der Waals surface area contributed by atoms with Crippen LogP contribution in [-0.2, 0) is 17.7 Å². The van der Waals surface area contributed by atoms with Gasteiger partial charge >= 0.3 is 6.03 Å². The number of benzene rings is 1. The molecule has 2 aromatic rings. The summed E-state index contributed by atoms with van der Waals surface area (Å²) < 4.78 is 18.9. The number of fused-ring (bicyclic) bond motifs is 1. The van der Waals surface area contributed by atoms with E-state index >= 15 is 0 Å². The second-order valence-corrected chi connectivity index (χ2v) is 8.64. The second kappa shape index (κ2) is 10.6. The summed E-state index contributed by atoms with van der Waals surface area (Å²) in [5.74, 6) is -0.0819. The highest BCUT2D eigenvalue weighted by atomic mass is 35.5. The van der Waals surface area contributed by atoms with Crippen LogP contribution in [0.2, 0.25) is 5.02 Å². The Bertz CT molecular complexity index is 997. The van der Waals surface area contributed by atoms with Crippen molar-refractivity contribution in [3.05, 3.63) is 52.1 Å². The molecule has 1 aromatic heterocycles. The standard InChI is InChI=1S/C22H27ClFN5O4/c23-17-7-13(1-2-18(17)24)20(12-31)28-22(32)29-5-3-14-9-25-21(27-19(14)10-29)26-15-4-6-33-16(8-15)11-30/h1-2,7,9,15-16,20,30-31H,3-6,8,10-12H2,(H,28,32)(H,25,26,27)/t15-,16+,20+/m0/s1. The van der Waals surface area contributed by atoms with Crippen LogP contribution >= 0.6 is 11.6 Å². The van der Waals surface area contributed by atoms with Crippen molar-refractivity contribution >= 4 is 23.6 Å². The Labute approximate surface area is 195 Å². The van der Waals surface area contributed by atoms with E-state index in [0.717, 1.165) is 17.7 Å². The highest BCUT2D eigenvalue weighted by molar-refractivity contribution is 6.30. The van der Waals surface area contributed by atoms with Gasteiger partial charge in [0.15, 0.2) is 0 Å². The maximum Gasteiger partial charge on any atom is 0.318 e. The molecule has 178 valence electrons. The van der Waals surface area contributed by atoms with Gasteiger partial charge in [0.2, 0.25) is 5.95 Å². The van der Waals surface area contributed by atoms with E-state index in [0.29, 0.717) is 44.0 Å². The topological polar surface area (TPSA) is 120 Å². The number of hydrogen-bond donors (Lipinski definition) is 4. The second-order valence-electron chi connectivity index (χ2n) is 8.24. The minimum Gasteiger partial charge on any atom is -0.394 e. The number of rotatable bonds is 6. The van der Waals surface area contributed by atoms with Gasteiger partial charge < -0.3 is 30.5 Å². The van der Waals surface area contributed by atoms with Crippen LogP contribution in [-0.4, -0.2) is 69.6 Å². The van der Waals surface area contributed by atoms with Crippen LogP contribution in [0.1, 0.15) is 35.7 Å². The van der Waals surface area contributed by atoms with Crippen LogP contribution in [0.3, 0.4) is 0 Å². The summed E-state index contributed by atoms with van der Waals surface area (Å²) in [6.07, 6.45) is 3.66. The van der Waals surface area contributed by atoms with E-state index in [2.05, 4.69) is 20.6 Å². The van der Waals surface area contributed by atoms with Crippen LogP contribution in [0.5, 0.6) is 0 Å². The van der Waals surface area contributed by atoms with Crippen molar-refractivity contribution in [1.29, 1.82) is 0 Å². The van der Waals surface area contributed by atoms with Gasteiger partial charge in [0.1, 0.15) is 5.82 Å². The van der Waals surface area contributed by atoms with Gasteiger partial charge in [-0.15, -0.1) is 0 Å². The first-order chi connectivity index (χ1) is 16.0. The molecule has 2 aliphatic heterocycles. The van der Waals surface area contributed by atoms with Crippen molar-refractivity contribution in [3.63, 3.8) is 0 Å². The Balaban J connectivity index is 1.40. The van der Waals surface area contributed by atoms with E-state index in [9.17, 15) is 19.4 Å². The molecule has 1 fully saturated rings. The lowest BCUT2D eigenvalue weighted by molar-refractivity contribution is -0.0213. The maximum absolute atomic E-state index is 13.5. The number of aromatic nitrogens is 2. The van der Waals surface area contributed by atoms with Gasteiger partial charge in [-0.3, -0.25) is 0 Å². The van der Waals surface area contributed by atoms with Crippen molar-refractivity contribution in [2.45, 2.75) is 44.0 Å². The van der Waals surface area contributed by atoms with Crippen LogP contribution in [0.25, 0.3) is 0 Å². The molecule has 1 aromatic carbocycles. The minimum absolute atomic E-state index is 0.0216. The molecule has 0 aliphatic carbocycles. The number of halogens is 2. The molecule has 0 bridgehead atoms. The van der Waals surface area contributed by atoms with Crippen molar-refractivity contribution in [2.24, 2.45) is 0 Å². The van der Waals surface area contributed by atoms with Gasteiger partial charge in [0.25, 0.3) is 0 Å². The molecule has 3 heterocycles. The van der Waals surface area contributed by atoms with E-state index < -0.39 is 11.9 Å². The molecule has 3 atom stereocenters. The highest BCUT2D eigenvalue weighted by Gasteiger charge is 2.26. The molecule has 0 unspecified atom stereocenters. The van der Waals surface area contributed by atoms with Gasteiger partial charge in [0.05, 0.1) is 42.6 Å². The van der Waals surface area contributed by atoms with Gasteiger partial charge in [-0.05, 0) is 42.5 Å². The monoisotopic (exact) mass is 479 g/mol. The SMILES string of the molecule is O=C(N[C@H](CO)c1ccc(F)c(Cl)c1)N1CCc2cnc(N[C@H]3CCO[C@@H](CO)C3)nc2C1. The first-order valence-corrected chi connectivity index (χ1v) is 11.3. The zero-order chi connectivity index (χ0) is 23.4. The third kappa shape index (κ3) is 5.70. The molecule has 11 heteroatoms. The van der Waals surface area contributed by atoms with E-state index in [-0.39, 0.29) is 36.4 Å². The Hall–Kier alpha value is -2.53. The summed E-state index contributed by atoms with van der Waals surface area (Å²) in [6.45, 7) is 0.969. The molecule has 0 radical (unpaired) electrons. The molecular formula is C22H27ClFN5O4. The van der Waals surface area contributed by atoms with Crippen molar-refractivity contribution < 1.29 is 24.1 Å². The number of hydrogen-bond acceptors (Lipinski definition) is 7. The fourth-order valence-corrected chi connectivity index (χ4v) is 4.26. The molecule has 9 nitrogen and oxygen atoms in total. The minimum atomic E-state index is -0.715. The first kappa shape index (κ1) is 23.6. The summed E-state index contributed by atoms with van der Waals surface area (Å²) in [6, 6.07) is 3.11. The number of amides is 2. The van der Waals surface area contributed by atoms with Gasteiger partial charge in [-0.2, -0.15) is 0 Å². The number of ether oxygens (including phenoxy) is 1. The normalized spacial score (nSPS) is 21.3. The van der Waals surface area contributed by atoms with Crippen molar-refractivity contribution in [3.8, 4) is 0 Å². The van der Waals surface area contributed by atoms with E-state index in [1.165, 1.54) is 18.2 Å². The molecule has 0 saturated carbocycles. The van der Waals surface area contributed by atoms with Crippen LogP contribution in [0.4, 0.5) is 15.1 Å². The highest BCUT2D eigenvalue weighted by Crippen LogP contribution is 2.23. The zero-order valence-electron chi connectivity index (χ0n) is 18.0. The van der Waals surface area contributed by atoms with Crippen molar-refractivity contribution in [2.75, 3.05) is 31.7 Å². The number of anilines is 1. The Morgan fingerprint density at radius 2 is 2.24 bits per heavy atom. The summed E-state index contributed by atoms with van der Waals surface area (Å²) in [4.78, 5) is 23.5. The molecule has 2 aliphatic rings. The summed E-state index contributed by atoms with van der Waals surface area (Å²) in [7, 11) is 0. The van der Waals surface area contributed by atoms with Gasteiger partial charge in [0, 0.05) is 25.4 Å². The van der Waals surface area contributed by atoms with E-state index in [1.807, 2.05) is 0 Å².